The standard InChI is InChI=1S/C11H9BrN2O4/c1-18-9(15)5-14-8-4-6(12)2-3-7(8)10(16)13-11(14)17/h2-4H,5H2,1H3,(H,13,16,17). The number of aromatic amines is 1. The fourth-order valence-corrected chi connectivity index (χ4v) is 1.96. The van der Waals surface area contributed by atoms with E-state index in [4.69, 9.17) is 0 Å². The summed E-state index contributed by atoms with van der Waals surface area (Å²) in [6, 6.07) is 4.87. The highest BCUT2D eigenvalue weighted by molar-refractivity contribution is 9.10. The van der Waals surface area contributed by atoms with Crippen LogP contribution in [0.5, 0.6) is 0 Å². The summed E-state index contributed by atoms with van der Waals surface area (Å²) >= 11 is 3.26. The van der Waals surface area contributed by atoms with Crippen molar-refractivity contribution in [3.8, 4) is 0 Å². The van der Waals surface area contributed by atoms with Crippen molar-refractivity contribution in [3.63, 3.8) is 0 Å². The van der Waals surface area contributed by atoms with Crippen LogP contribution in [0, 0.1) is 0 Å². The largest absolute Gasteiger partial charge is 0.468 e. The third-order valence-corrected chi connectivity index (χ3v) is 2.97. The Kier molecular flexibility index (Phi) is 3.33. The van der Waals surface area contributed by atoms with Gasteiger partial charge in [0.25, 0.3) is 5.56 Å². The molecule has 0 saturated carbocycles. The predicted octanol–water partition coefficient (Wildman–Crippen LogP) is 0.625. The molecule has 1 aromatic carbocycles. The van der Waals surface area contributed by atoms with Crippen molar-refractivity contribution in [2.45, 2.75) is 6.54 Å². The maximum absolute atomic E-state index is 11.7. The van der Waals surface area contributed by atoms with E-state index in [0.717, 1.165) is 4.57 Å². The minimum absolute atomic E-state index is 0.251. The number of esters is 1. The Labute approximate surface area is 109 Å². The number of carbonyl (C=O) groups excluding carboxylic acids is 1. The molecule has 0 aliphatic rings. The van der Waals surface area contributed by atoms with Gasteiger partial charge in [0, 0.05) is 4.47 Å². The summed E-state index contributed by atoms with van der Waals surface area (Å²) in [6.45, 7) is -0.251. The second-order valence-corrected chi connectivity index (χ2v) is 4.50. The highest BCUT2D eigenvalue weighted by atomic mass is 79.9. The SMILES string of the molecule is COC(=O)Cn1c(=O)[nH]c(=O)c2ccc(Br)cc21. The number of aromatic nitrogens is 2. The molecular formula is C11H9BrN2O4. The summed E-state index contributed by atoms with van der Waals surface area (Å²) in [7, 11) is 1.23. The average molecular weight is 313 g/mol. The molecule has 94 valence electrons. The van der Waals surface area contributed by atoms with Crippen molar-refractivity contribution < 1.29 is 9.53 Å². The van der Waals surface area contributed by atoms with Gasteiger partial charge in [0.2, 0.25) is 0 Å². The number of nitrogens with zero attached hydrogens (tertiary/aromatic N) is 1. The van der Waals surface area contributed by atoms with E-state index in [1.165, 1.54) is 7.11 Å². The van der Waals surface area contributed by atoms with Gasteiger partial charge in [-0.25, -0.2) is 4.79 Å². The Hall–Kier alpha value is -1.89. The molecule has 0 radical (unpaired) electrons. The number of fused-ring (bicyclic) bond motifs is 1. The summed E-state index contributed by atoms with van der Waals surface area (Å²) < 4.78 is 6.38. The maximum atomic E-state index is 11.7. The number of hydrogen-bond acceptors (Lipinski definition) is 4. The summed E-state index contributed by atoms with van der Waals surface area (Å²) in [5, 5.41) is 0.335. The second kappa shape index (κ2) is 4.77. The van der Waals surface area contributed by atoms with Gasteiger partial charge in [-0.3, -0.25) is 19.1 Å². The van der Waals surface area contributed by atoms with Crippen LogP contribution in [0.1, 0.15) is 0 Å². The molecule has 1 heterocycles. The second-order valence-electron chi connectivity index (χ2n) is 3.58. The Balaban J connectivity index is 2.78. The molecule has 6 nitrogen and oxygen atoms in total. The molecule has 0 saturated heterocycles. The van der Waals surface area contributed by atoms with Crippen molar-refractivity contribution in [2.75, 3.05) is 7.11 Å². The third-order valence-electron chi connectivity index (χ3n) is 2.48. The van der Waals surface area contributed by atoms with Crippen LogP contribution in [0.25, 0.3) is 10.9 Å². The number of methoxy groups -OCH3 is 1. The first-order chi connectivity index (χ1) is 8.52. The summed E-state index contributed by atoms with van der Waals surface area (Å²) in [5.74, 6) is -0.564. The van der Waals surface area contributed by atoms with Gasteiger partial charge in [-0.1, -0.05) is 15.9 Å². The van der Waals surface area contributed by atoms with Crippen molar-refractivity contribution in [2.24, 2.45) is 0 Å². The van der Waals surface area contributed by atoms with Gasteiger partial charge in [0.05, 0.1) is 18.0 Å². The van der Waals surface area contributed by atoms with Gasteiger partial charge in [-0.15, -0.1) is 0 Å². The van der Waals surface area contributed by atoms with Crippen LogP contribution >= 0.6 is 15.9 Å². The third kappa shape index (κ3) is 2.21. The maximum Gasteiger partial charge on any atom is 0.329 e. The van der Waals surface area contributed by atoms with E-state index in [1.54, 1.807) is 18.2 Å². The topological polar surface area (TPSA) is 81.2 Å². The molecule has 0 spiro atoms. The number of halogens is 1. The van der Waals surface area contributed by atoms with E-state index in [1.807, 2.05) is 0 Å². The van der Waals surface area contributed by atoms with Gasteiger partial charge >= 0.3 is 11.7 Å². The summed E-state index contributed by atoms with van der Waals surface area (Å²) in [4.78, 5) is 36.7. The lowest BCUT2D eigenvalue weighted by Gasteiger charge is -2.08. The van der Waals surface area contributed by atoms with E-state index >= 15 is 0 Å². The molecule has 18 heavy (non-hydrogen) atoms. The molecule has 1 N–H and O–H groups in total. The molecule has 2 aromatic rings. The summed E-state index contributed by atoms with van der Waals surface area (Å²) in [5.41, 5.74) is -0.747. The van der Waals surface area contributed by atoms with E-state index in [0.29, 0.717) is 15.4 Å². The zero-order valence-electron chi connectivity index (χ0n) is 9.40. The number of hydrogen-bond donors (Lipinski definition) is 1. The quantitative estimate of drug-likeness (QED) is 0.824. The lowest BCUT2D eigenvalue weighted by atomic mass is 10.2. The minimum Gasteiger partial charge on any atom is -0.468 e. The van der Waals surface area contributed by atoms with Crippen LogP contribution < -0.4 is 11.2 Å². The first-order valence-corrected chi connectivity index (χ1v) is 5.81. The van der Waals surface area contributed by atoms with Gasteiger partial charge in [-0.2, -0.15) is 0 Å². The molecule has 0 aliphatic carbocycles. The molecule has 0 amide bonds. The number of ether oxygens (including phenoxy) is 1. The van der Waals surface area contributed by atoms with Crippen molar-refractivity contribution >= 4 is 32.8 Å². The van der Waals surface area contributed by atoms with Crippen molar-refractivity contribution in [1.29, 1.82) is 0 Å². The number of benzene rings is 1. The van der Waals surface area contributed by atoms with Gasteiger partial charge in [0.1, 0.15) is 6.54 Å². The monoisotopic (exact) mass is 312 g/mol. The molecule has 0 unspecified atom stereocenters. The normalized spacial score (nSPS) is 10.6. The number of carbonyl (C=O) groups is 1. The van der Waals surface area contributed by atoms with Gasteiger partial charge in [-0.05, 0) is 18.2 Å². The number of nitrogens with one attached hydrogen (secondary N) is 1. The predicted molar refractivity (Wildman–Crippen MR) is 68.5 cm³/mol. The molecule has 0 bridgehead atoms. The van der Waals surface area contributed by atoms with E-state index in [2.05, 4.69) is 25.7 Å². The van der Waals surface area contributed by atoms with Gasteiger partial charge < -0.3 is 4.74 Å². The lowest BCUT2D eigenvalue weighted by Crippen LogP contribution is -2.32. The molecule has 1 aromatic heterocycles. The van der Waals surface area contributed by atoms with E-state index in [-0.39, 0.29) is 6.54 Å². The highest BCUT2D eigenvalue weighted by Gasteiger charge is 2.11. The van der Waals surface area contributed by atoms with Crippen LogP contribution in [0.15, 0.2) is 32.3 Å². The molecule has 0 atom stereocenters. The Morgan fingerprint density at radius 2 is 2.17 bits per heavy atom. The van der Waals surface area contributed by atoms with Crippen LogP contribution in [-0.2, 0) is 16.1 Å². The van der Waals surface area contributed by atoms with Crippen molar-refractivity contribution in [1.82, 2.24) is 9.55 Å². The van der Waals surface area contributed by atoms with Crippen molar-refractivity contribution in [3.05, 3.63) is 43.5 Å². The number of H-pyrrole nitrogens is 1. The van der Waals surface area contributed by atoms with Gasteiger partial charge in [0.15, 0.2) is 0 Å². The van der Waals surface area contributed by atoms with Crippen LogP contribution in [0.3, 0.4) is 0 Å². The molecule has 0 aliphatic heterocycles. The Morgan fingerprint density at radius 1 is 1.44 bits per heavy atom. The minimum atomic E-state index is -0.643. The zero-order chi connectivity index (χ0) is 13.3. The fourth-order valence-electron chi connectivity index (χ4n) is 1.61. The Bertz CT molecular complexity index is 732. The molecular weight excluding hydrogens is 304 g/mol. The van der Waals surface area contributed by atoms with Crippen LogP contribution in [-0.4, -0.2) is 22.6 Å². The lowest BCUT2D eigenvalue weighted by molar-refractivity contribution is -0.141. The fraction of sp³-hybridized carbons (Fsp3) is 0.182. The molecule has 2 rings (SSSR count). The van der Waals surface area contributed by atoms with E-state index in [9.17, 15) is 14.4 Å². The van der Waals surface area contributed by atoms with Crippen LogP contribution in [0.2, 0.25) is 0 Å². The average Bonchev–Trinajstić information content (AvgIpc) is 2.33. The summed E-state index contributed by atoms with van der Waals surface area (Å²) in [6.07, 6.45) is 0. The molecule has 7 heteroatoms. The smallest absolute Gasteiger partial charge is 0.329 e. The zero-order valence-corrected chi connectivity index (χ0v) is 11.0. The first-order valence-electron chi connectivity index (χ1n) is 5.02. The Morgan fingerprint density at radius 3 is 2.83 bits per heavy atom. The van der Waals surface area contributed by atoms with E-state index < -0.39 is 17.2 Å². The highest BCUT2D eigenvalue weighted by Crippen LogP contribution is 2.15. The number of rotatable bonds is 2. The first kappa shape index (κ1) is 12.6. The molecule has 0 fully saturated rings. The van der Waals surface area contributed by atoms with Crippen LogP contribution in [0.4, 0.5) is 0 Å².